The zero-order valence-corrected chi connectivity index (χ0v) is 8.77. The zero-order chi connectivity index (χ0) is 9.07. The van der Waals surface area contributed by atoms with Crippen molar-refractivity contribution >= 4 is 7.37 Å². The molecule has 0 bridgehead atoms. The molecule has 0 heterocycles. The predicted octanol–water partition coefficient (Wildman–Crippen LogP) is 2.71. The first kappa shape index (κ1) is 11.2. The van der Waals surface area contributed by atoms with Crippen LogP contribution in [0.5, 0.6) is 0 Å². The van der Waals surface area contributed by atoms with Crippen LogP contribution in [0.3, 0.4) is 0 Å². The molecule has 0 saturated carbocycles. The quantitative estimate of drug-likeness (QED) is 0.672. The minimum absolute atomic E-state index is 0.0822. The maximum atomic E-state index is 11.4. The van der Waals surface area contributed by atoms with E-state index in [1.807, 2.05) is 0 Å². The maximum Gasteiger partial charge on any atom is 0.203 e. The van der Waals surface area contributed by atoms with Gasteiger partial charge in [-0.25, -0.2) is 0 Å². The Kier molecular flexibility index (Phi) is 4.35. The zero-order valence-electron chi connectivity index (χ0n) is 7.87. The van der Waals surface area contributed by atoms with Crippen LogP contribution in [0, 0.1) is 5.92 Å². The Bertz CT molecular complexity index is 152. The van der Waals surface area contributed by atoms with Crippen molar-refractivity contribution in [2.45, 2.75) is 39.8 Å². The van der Waals surface area contributed by atoms with Crippen LogP contribution < -0.4 is 0 Å². The fraction of sp³-hybridized carbons (Fsp3) is 1.00. The first-order valence-corrected chi connectivity index (χ1v) is 6.09. The van der Waals surface area contributed by atoms with Crippen molar-refractivity contribution in [1.82, 2.24) is 0 Å². The molecular weight excluding hydrogens is 159 g/mol. The van der Waals surface area contributed by atoms with Crippen molar-refractivity contribution in [3.05, 3.63) is 0 Å². The topological polar surface area (TPSA) is 37.3 Å². The van der Waals surface area contributed by atoms with Gasteiger partial charge in [0.25, 0.3) is 0 Å². The molecule has 0 fully saturated rings. The molecular formula is C8H19O2P. The van der Waals surface area contributed by atoms with Gasteiger partial charge in [-0.3, -0.25) is 4.57 Å². The number of hydrogen-bond acceptors (Lipinski definition) is 1. The van der Waals surface area contributed by atoms with Gasteiger partial charge in [0.15, 0.2) is 0 Å². The molecule has 1 unspecified atom stereocenters. The van der Waals surface area contributed by atoms with E-state index in [0.29, 0.717) is 12.1 Å². The highest BCUT2D eigenvalue weighted by Gasteiger charge is 2.22. The van der Waals surface area contributed by atoms with Crippen molar-refractivity contribution in [2.75, 3.05) is 6.16 Å². The number of hydrogen-bond donors (Lipinski definition) is 1. The fourth-order valence-electron chi connectivity index (χ4n) is 0.701. The van der Waals surface area contributed by atoms with Crippen molar-refractivity contribution < 1.29 is 9.46 Å². The lowest BCUT2D eigenvalue weighted by atomic mass is 10.2. The first-order valence-electron chi connectivity index (χ1n) is 4.17. The van der Waals surface area contributed by atoms with Crippen LogP contribution in [0.15, 0.2) is 0 Å². The van der Waals surface area contributed by atoms with E-state index in [1.54, 1.807) is 13.8 Å². The van der Waals surface area contributed by atoms with Gasteiger partial charge in [0, 0.05) is 11.8 Å². The summed E-state index contributed by atoms with van der Waals surface area (Å²) in [6, 6.07) is 0. The molecule has 0 amide bonds. The lowest BCUT2D eigenvalue weighted by Gasteiger charge is -2.15. The van der Waals surface area contributed by atoms with E-state index in [-0.39, 0.29) is 5.66 Å². The van der Waals surface area contributed by atoms with Gasteiger partial charge in [0.1, 0.15) is 0 Å². The Hall–Kier alpha value is 0.190. The molecule has 0 rings (SSSR count). The van der Waals surface area contributed by atoms with E-state index >= 15 is 0 Å². The highest BCUT2D eigenvalue weighted by molar-refractivity contribution is 7.58. The summed E-state index contributed by atoms with van der Waals surface area (Å²) in [5.74, 6) is 0.522. The minimum atomic E-state index is -2.82. The van der Waals surface area contributed by atoms with Crippen LogP contribution >= 0.6 is 7.37 Å². The van der Waals surface area contributed by atoms with Crippen LogP contribution in [0.4, 0.5) is 0 Å². The molecule has 0 aromatic heterocycles. The van der Waals surface area contributed by atoms with Crippen LogP contribution in [-0.2, 0) is 4.57 Å². The van der Waals surface area contributed by atoms with E-state index in [0.717, 1.165) is 6.42 Å². The highest BCUT2D eigenvalue weighted by Crippen LogP contribution is 2.46. The molecule has 1 N–H and O–H groups in total. The standard InChI is InChI=1S/C8H19O2P/c1-7(2)5-6-11(9,10)8(3)4/h7-8H,5-6H2,1-4H3,(H,9,10). The molecule has 0 aromatic carbocycles. The van der Waals surface area contributed by atoms with Gasteiger partial charge in [-0.1, -0.05) is 27.7 Å². The summed E-state index contributed by atoms with van der Waals surface area (Å²) in [5, 5.41) is 0. The summed E-state index contributed by atoms with van der Waals surface area (Å²) >= 11 is 0. The molecule has 0 aromatic rings. The Morgan fingerprint density at radius 1 is 1.27 bits per heavy atom. The van der Waals surface area contributed by atoms with Crippen molar-refractivity contribution in [3.8, 4) is 0 Å². The normalized spacial score (nSPS) is 17.4. The monoisotopic (exact) mass is 178 g/mol. The summed E-state index contributed by atoms with van der Waals surface area (Å²) in [5.41, 5.74) is -0.0822. The molecule has 0 aliphatic carbocycles. The van der Waals surface area contributed by atoms with E-state index < -0.39 is 7.37 Å². The van der Waals surface area contributed by atoms with Crippen molar-refractivity contribution in [3.63, 3.8) is 0 Å². The third kappa shape index (κ3) is 4.60. The van der Waals surface area contributed by atoms with E-state index in [2.05, 4.69) is 13.8 Å². The van der Waals surface area contributed by atoms with Crippen LogP contribution in [0.25, 0.3) is 0 Å². The minimum Gasteiger partial charge on any atom is -0.344 e. The average molecular weight is 178 g/mol. The fourth-order valence-corrected chi connectivity index (χ4v) is 2.10. The van der Waals surface area contributed by atoms with Gasteiger partial charge in [-0.15, -0.1) is 0 Å². The highest BCUT2D eigenvalue weighted by atomic mass is 31.2. The van der Waals surface area contributed by atoms with Crippen LogP contribution in [-0.4, -0.2) is 16.7 Å². The summed E-state index contributed by atoms with van der Waals surface area (Å²) in [7, 11) is -2.82. The summed E-state index contributed by atoms with van der Waals surface area (Å²) < 4.78 is 11.4. The Morgan fingerprint density at radius 3 is 2.00 bits per heavy atom. The van der Waals surface area contributed by atoms with E-state index in [9.17, 15) is 9.46 Å². The molecule has 68 valence electrons. The SMILES string of the molecule is CC(C)CCP(=O)(O)C(C)C. The predicted molar refractivity (Wildman–Crippen MR) is 49.3 cm³/mol. The summed E-state index contributed by atoms with van der Waals surface area (Å²) in [6.07, 6.45) is 1.33. The van der Waals surface area contributed by atoms with Gasteiger partial charge >= 0.3 is 0 Å². The summed E-state index contributed by atoms with van der Waals surface area (Å²) in [4.78, 5) is 9.40. The Balaban J connectivity index is 3.84. The molecule has 2 nitrogen and oxygen atoms in total. The number of rotatable bonds is 4. The van der Waals surface area contributed by atoms with Gasteiger partial charge in [-0.2, -0.15) is 0 Å². The molecule has 3 heteroatoms. The van der Waals surface area contributed by atoms with Gasteiger partial charge in [0.2, 0.25) is 7.37 Å². The third-order valence-electron chi connectivity index (χ3n) is 1.83. The smallest absolute Gasteiger partial charge is 0.203 e. The Morgan fingerprint density at radius 2 is 1.73 bits per heavy atom. The molecule has 0 aliphatic rings. The largest absolute Gasteiger partial charge is 0.344 e. The molecule has 0 radical (unpaired) electrons. The van der Waals surface area contributed by atoms with Gasteiger partial charge in [0.05, 0.1) is 0 Å². The second-order valence-corrected chi connectivity index (χ2v) is 6.75. The second kappa shape index (κ2) is 4.27. The molecule has 1 atom stereocenters. The van der Waals surface area contributed by atoms with Crippen molar-refractivity contribution in [2.24, 2.45) is 5.92 Å². The average Bonchev–Trinajstić information content (AvgIpc) is 1.84. The lowest BCUT2D eigenvalue weighted by Crippen LogP contribution is -2.03. The molecule has 0 aliphatic heterocycles. The van der Waals surface area contributed by atoms with Crippen molar-refractivity contribution in [1.29, 1.82) is 0 Å². The molecule has 11 heavy (non-hydrogen) atoms. The third-order valence-corrected chi connectivity index (χ3v) is 4.35. The molecule has 0 spiro atoms. The molecule has 0 saturated heterocycles. The van der Waals surface area contributed by atoms with Gasteiger partial charge in [-0.05, 0) is 12.3 Å². The van der Waals surface area contributed by atoms with E-state index in [4.69, 9.17) is 0 Å². The Labute approximate surface area is 69.5 Å². The van der Waals surface area contributed by atoms with E-state index in [1.165, 1.54) is 0 Å². The lowest BCUT2D eigenvalue weighted by molar-refractivity contribution is 0.460. The van der Waals surface area contributed by atoms with Crippen LogP contribution in [0.1, 0.15) is 34.1 Å². The first-order chi connectivity index (χ1) is 4.86. The maximum absolute atomic E-state index is 11.4. The van der Waals surface area contributed by atoms with Gasteiger partial charge < -0.3 is 4.89 Å². The summed E-state index contributed by atoms with van der Waals surface area (Å²) in [6.45, 7) is 7.75. The van der Waals surface area contributed by atoms with Crippen LogP contribution in [0.2, 0.25) is 0 Å². The second-order valence-electron chi connectivity index (χ2n) is 3.76.